The number of rotatable bonds is 5. The van der Waals surface area contributed by atoms with Crippen molar-refractivity contribution in [3.8, 4) is 11.5 Å². The Balaban J connectivity index is 0.00000208. The summed E-state index contributed by atoms with van der Waals surface area (Å²) in [6.45, 7) is 6.52. The van der Waals surface area contributed by atoms with Crippen molar-refractivity contribution < 1.29 is 14.2 Å². The van der Waals surface area contributed by atoms with Crippen molar-refractivity contribution in [2.75, 3.05) is 53.2 Å². The smallest absolute Gasteiger partial charge is 0.231 e. The Hall–Kier alpha value is -1.26. The molecule has 134 valence electrons. The highest BCUT2D eigenvalue weighted by Gasteiger charge is 2.13. The molecule has 0 unspecified atom stereocenters. The molecule has 0 aromatic heterocycles. The van der Waals surface area contributed by atoms with E-state index in [1.807, 2.05) is 18.2 Å². The molecule has 24 heavy (non-hydrogen) atoms. The molecule has 2 heterocycles. The van der Waals surface area contributed by atoms with Crippen LogP contribution in [0.5, 0.6) is 11.5 Å². The van der Waals surface area contributed by atoms with Crippen LogP contribution in [0.2, 0.25) is 0 Å². The summed E-state index contributed by atoms with van der Waals surface area (Å²) in [5.74, 6) is 2.41. The first-order chi connectivity index (χ1) is 11.3. The van der Waals surface area contributed by atoms with Crippen molar-refractivity contribution in [1.29, 1.82) is 0 Å². The molecule has 1 fully saturated rings. The zero-order valence-electron chi connectivity index (χ0n) is 13.9. The number of nitrogens with zero attached hydrogens (tertiary/aromatic N) is 2. The molecule has 0 bridgehead atoms. The molecular formula is C16H25IN4O3. The van der Waals surface area contributed by atoms with Crippen LogP contribution in [0.4, 0.5) is 0 Å². The highest BCUT2D eigenvalue weighted by Crippen LogP contribution is 2.32. The van der Waals surface area contributed by atoms with E-state index in [1.54, 1.807) is 7.05 Å². The van der Waals surface area contributed by atoms with Gasteiger partial charge in [0.15, 0.2) is 17.5 Å². The SMILES string of the molecule is CN=C(NCCN1CCOCC1)NCc1ccc2c(c1)OCO2.I. The molecule has 1 saturated heterocycles. The number of morpholine rings is 1. The second-order valence-electron chi connectivity index (χ2n) is 5.49. The summed E-state index contributed by atoms with van der Waals surface area (Å²) >= 11 is 0. The minimum atomic E-state index is 0. The van der Waals surface area contributed by atoms with Crippen LogP contribution >= 0.6 is 24.0 Å². The standard InChI is InChI=1S/C16H24N4O3.HI/c1-17-16(18-4-5-20-6-8-21-9-7-20)19-11-13-2-3-14-15(10-13)23-12-22-14;/h2-3,10H,4-9,11-12H2,1H3,(H2,17,18,19);1H. The molecule has 1 aromatic carbocycles. The van der Waals surface area contributed by atoms with Crippen molar-refractivity contribution in [3.05, 3.63) is 23.8 Å². The molecule has 0 spiro atoms. The fourth-order valence-corrected chi connectivity index (χ4v) is 2.61. The van der Waals surface area contributed by atoms with Gasteiger partial charge in [-0.1, -0.05) is 6.07 Å². The molecule has 0 saturated carbocycles. The Morgan fingerprint density at radius 2 is 1.96 bits per heavy atom. The maximum Gasteiger partial charge on any atom is 0.231 e. The van der Waals surface area contributed by atoms with Gasteiger partial charge in [-0.3, -0.25) is 9.89 Å². The lowest BCUT2D eigenvalue weighted by atomic mass is 10.2. The van der Waals surface area contributed by atoms with Crippen LogP contribution in [0.15, 0.2) is 23.2 Å². The van der Waals surface area contributed by atoms with Gasteiger partial charge in [-0.05, 0) is 17.7 Å². The van der Waals surface area contributed by atoms with Crippen molar-refractivity contribution in [3.63, 3.8) is 0 Å². The Kier molecular flexibility index (Phi) is 7.86. The minimum Gasteiger partial charge on any atom is -0.454 e. The molecule has 2 aliphatic rings. The summed E-state index contributed by atoms with van der Waals surface area (Å²) in [5, 5.41) is 6.65. The molecule has 1 aromatic rings. The van der Waals surface area contributed by atoms with Crippen molar-refractivity contribution in [1.82, 2.24) is 15.5 Å². The molecule has 8 heteroatoms. The highest BCUT2D eigenvalue weighted by atomic mass is 127. The lowest BCUT2D eigenvalue weighted by molar-refractivity contribution is 0.0389. The average molecular weight is 448 g/mol. The van der Waals surface area contributed by atoms with Gasteiger partial charge < -0.3 is 24.8 Å². The van der Waals surface area contributed by atoms with Gasteiger partial charge in [-0.2, -0.15) is 0 Å². The van der Waals surface area contributed by atoms with Gasteiger partial charge in [0.25, 0.3) is 0 Å². The molecule has 0 aliphatic carbocycles. The first-order valence-corrected chi connectivity index (χ1v) is 7.98. The summed E-state index contributed by atoms with van der Waals surface area (Å²) in [6, 6.07) is 5.96. The Bertz CT molecular complexity index is 550. The summed E-state index contributed by atoms with van der Waals surface area (Å²) in [5.41, 5.74) is 1.13. The molecule has 3 rings (SSSR count). The minimum absolute atomic E-state index is 0. The normalized spacial score (nSPS) is 17.3. The van der Waals surface area contributed by atoms with Crippen LogP contribution in [-0.2, 0) is 11.3 Å². The van der Waals surface area contributed by atoms with Crippen LogP contribution < -0.4 is 20.1 Å². The number of aliphatic imine (C=N–C) groups is 1. The van der Waals surface area contributed by atoms with Gasteiger partial charge >= 0.3 is 0 Å². The number of benzene rings is 1. The third-order valence-corrected chi connectivity index (χ3v) is 3.94. The van der Waals surface area contributed by atoms with E-state index in [1.165, 1.54) is 0 Å². The third-order valence-electron chi connectivity index (χ3n) is 3.94. The van der Waals surface area contributed by atoms with Crippen LogP contribution in [-0.4, -0.2) is 64.1 Å². The van der Waals surface area contributed by atoms with E-state index in [2.05, 4.69) is 20.5 Å². The predicted molar refractivity (Wildman–Crippen MR) is 103 cm³/mol. The second kappa shape index (κ2) is 9.90. The van der Waals surface area contributed by atoms with Crippen LogP contribution in [0.25, 0.3) is 0 Å². The molecular weight excluding hydrogens is 423 g/mol. The van der Waals surface area contributed by atoms with Crippen LogP contribution in [0.3, 0.4) is 0 Å². The Morgan fingerprint density at radius 3 is 2.75 bits per heavy atom. The molecule has 2 N–H and O–H groups in total. The van der Waals surface area contributed by atoms with E-state index < -0.39 is 0 Å². The van der Waals surface area contributed by atoms with E-state index in [-0.39, 0.29) is 24.0 Å². The molecule has 7 nitrogen and oxygen atoms in total. The Morgan fingerprint density at radius 1 is 1.17 bits per heavy atom. The van der Waals surface area contributed by atoms with Gasteiger partial charge in [0.1, 0.15) is 0 Å². The topological polar surface area (TPSA) is 67.4 Å². The van der Waals surface area contributed by atoms with Gasteiger partial charge in [0.05, 0.1) is 13.2 Å². The summed E-state index contributed by atoms with van der Waals surface area (Å²) < 4.78 is 16.1. The highest BCUT2D eigenvalue weighted by molar-refractivity contribution is 14.0. The van der Waals surface area contributed by atoms with E-state index in [4.69, 9.17) is 14.2 Å². The summed E-state index contributed by atoms with van der Waals surface area (Å²) in [4.78, 5) is 6.64. The fourth-order valence-electron chi connectivity index (χ4n) is 2.61. The summed E-state index contributed by atoms with van der Waals surface area (Å²) in [6.07, 6.45) is 0. The number of guanidine groups is 1. The summed E-state index contributed by atoms with van der Waals surface area (Å²) in [7, 11) is 1.78. The predicted octanol–water partition coefficient (Wildman–Crippen LogP) is 1.03. The number of hydrogen-bond acceptors (Lipinski definition) is 5. The largest absolute Gasteiger partial charge is 0.454 e. The van der Waals surface area contributed by atoms with Crippen molar-refractivity contribution in [2.45, 2.75) is 6.54 Å². The van der Waals surface area contributed by atoms with Gasteiger partial charge in [-0.15, -0.1) is 24.0 Å². The number of halogens is 1. The quantitative estimate of drug-likeness (QED) is 0.399. The van der Waals surface area contributed by atoms with E-state index >= 15 is 0 Å². The first-order valence-electron chi connectivity index (χ1n) is 7.98. The lowest BCUT2D eigenvalue weighted by Crippen LogP contribution is -2.44. The van der Waals surface area contributed by atoms with Crippen molar-refractivity contribution >= 4 is 29.9 Å². The maximum absolute atomic E-state index is 5.39. The Labute approximate surface area is 159 Å². The number of fused-ring (bicyclic) bond motifs is 1. The van der Waals surface area contributed by atoms with Gasteiger partial charge in [-0.25, -0.2) is 0 Å². The maximum atomic E-state index is 5.39. The number of nitrogens with one attached hydrogen (secondary N) is 2. The van der Waals surface area contributed by atoms with E-state index in [0.717, 1.165) is 62.4 Å². The average Bonchev–Trinajstić information content (AvgIpc) is 3.06. The number of ether oxygens (including phenoxy) is 3. The fraction of sp³-hybridized carbons (Fsp3) is 0.562. The lowest BCUT2D eigenvalue weighted by Gasteiger charge is -2.26. The number of hydrogen-bond donors (Lipinski definition) is 2. The molecule has 0 atom stereocenters. The molecule has 2 aliphatic heterocycles. The zero-order valence-corrected chi connectivity index (χ0v) is 16.2. The van der Waals surface area contributed by atoms with E-state index in [0.29, 0.717) is 13.3 Å². The van der Waals surface area contributed by atoms with Gasteiger partial charge in [0.2, 0.25) is 6.79 Å². The van der Waals surface area contributed by atoms with E-state index in [9.17, 15) is 0 Å². The van der Waals surface area contributed by atoms with Crippen LogP contribution in [0.1, 0.15) is 5.56 Å². The van der Waals surface area contributed by atoms with Gasteiger partial charge in [0, 0.05) is 39.8 Å². The van der Waals surface area contributed by atoms with Crippen molar-refractivity contribution in [2.24, 2.45) is 4.99 Å². The monoisotopic (exact) mass is 448 g/mol. The zero-order chi connectivity index (χ0) is 15.9. The second-order valence-corrected chi connectivity index (χ2v) is 5.49. The third kappa shape index (κ3) is 5.38. The first kappa shape index (κ1) is 19.1. The molecule has 0 amide bonds. The van der Waals surface area contributed by atoms with Crippen LogP contribution in [0, 0.1) is 0 Å². The molecule has 0 radical (unpaired) electrons.